The zero-order chi connectivity index (χ0) is 16.0. The second-order valence-corrected chi connectivity index (χ2v) is 6.16. The van der Waals surface area contributed by atoms with Crippen LogP contribution in [0.4, 0.5) is 0 Å². The summed E-state index contributed by atoms with van der Waals surface area (Å²) in [5, 5.41) is 5.45. The number of aromatic nitrogens is 3. The number of nitrogens with one attached hydrogen (secondary N) is 2. The Bertz CT molecular complexity index is 933. The number of H-pyrrole nitrogens is 2. The van der Waals surface area contributed by atoms with Crippen molar-refractivity contribution in [3.8, 4) is 0 Å². The first kappa shape index (κ1) is 13.9. The molecule has 0 spiro atoms. The van der Waals surface area contributed by atoms with E-state index >= 15 is 0 Å². The van der Waals surface area contributed by atoms with Crippen molar-refractivity contribution in [3.63, 3.8) is 0 Å². The standard InChI is InChI=1S/C17H18N4O2/c1-11-3-2-5-20-10-13(7-15(11)20)17(23)21-6-4-12(9-21)14-8-16(22)19-18-14/h2-3,5,7-8,10,12H,4,6,9H2,1H3,(H2,18,19,22). The number of nitrogens with zero attached hydrogens (tertiary/aromatic N) is 2. The molecule has 23 heavy (non-hydrogen) atoms. The average Bonchev–Trinajstić information content (AvgIpc) is 3.25. The average molecular weight is 310 g/mol. The Morgan fingerprint density at radius 2 is 2.17 bits per heavy atom. The highest BCUT2D eigenvalue weighted by molar-refractivity contribution is 5.96. The van der Waals surface area contributed by atoms with Gasteiger partial charge in [-0.3, -0.25) is 14.7 Å². The van der Waals surface area contributed by atoms with Crippen LogP contribution in [-0.4, -0.2) is 38.5 Å². The van der Waals surface area contributed by atoms with Crippen molar-refractivity contribution in [2.24, 2.45) is 0 Å². The number of rotatable bonds is 2. The molecular formula is C17H18N4O2. The molecule has 0 radical (unpaired) electrons. The number of fused-ring (bicyclic) bond motifs is 1. The minimum absolute atomic E-state index is 0.0495. The number of aryl methyl sites for hydroxylation is 1. The Hall–Kier alpha value is -2.76. The van der Waals surface area contributed by atoms with Gasteiger partial charge in [-0.2, -0.15) is 0 Å². The topological polar surface area (TPSA) is 73.4 Å². The number of aromatic amines is 2. The molecule has 118 valence electrons. The third-order valence-corrected chi connectivity index (χ3v) is 4.62. The van der Waals surface area contributed by atoms with E-state index in [9.17, 15) is 9.59 Å². The Balaban J connectivity index is 1.57. The van der Waals surface area contributed by atoms with Crippen molar-refractivity contribution < 1.29 is 4.79 Å². The maximum atomic E-state index is 12.7. The molecule has 1 aliphatic heterocycles. The van der Waals surface area contributed by atoms with Crippen LogP contribution in [0.1, 0.15) is 34.0 Å². The van der Waals surface area contributed by atoms with Crippen molar-refractivity contribution >= 4 is 11.4 Å². The molecule has 3 aromatic rings. The van der Waals surface area contributed by atoms with Crippen molar-refractivity contribution in [1.29, 1.82) is 0 Å². The van der Waals surface area contributed by atoms with Crippen LogP contribution < -0.4 is 5.56 Å². The molecule has 3 aromatic heterocycles. The largest absolute Gasteiger partial charge is 0.338 e. The first-order chi connectivity index (χ1) is 11.1. The smallest absolute Gasteiger partial charge is 0.264 e. The van der Waals surface area contributed by atoms with Gasteiger partial charge >= 0.3 is 0 Å². The van der Waals surface area contributed by atoms with Crippen molar-refractivity contribution in [1.82, 2.24) is 19.5 Å². The summed E-state index contributed by atoms with van der Waals surface area (Å²) in [6, 6.07) is 7.54. The van der Waals surface area contributed by atoms with E-state index in [-0.39, 0.29) is 17.4 Å². The van der Waals surface area contributed by atoms with Gasteiger partial charge in [-0.25, -0.2) is 0 Å². The zero-order valence-electron chi connectivity index (χ0n) is 12.9. The van der Waals surface area contributed by atoms with E-state index in [1.807, 2.05) is 46.8 Å². The van der Waals surface area contributed by atoms with Crippen LogP contribution in [0.3, 0.4) is 0 Å². The Labute approximate surface area is 132 Å². The Morgan fingerprint density at radius 3 is 2.91 bits per heavy atom. The van der Waals surface area contributed by atoms with Crippen molar-refractivity contribution in [3.05, 3.63) is 63.8 Å². The molecule has 1 saturated heterocycles. The van der Waals surface area contributed by atoms with Crippen molar-refractivity contribution in [2.75, 3.05) is 13.1 Å². The fourth-order valence-electron chi connectivity index (χ4n) is 3.35. The predicted molar refractivity (Wildman–Crippen MR) is 86.8 cm³/mol. The quantitative estimate of drug-likeness (QED) is 0.758. The monoisotopic (exact) mass is 310 g/mol. The van der Waals surface area contributed by atoms with E-state index in [1.165, 1.54) is 0 Å². The van der Waals surface area contributed by atoms with E-state index in [4.69, 9.17) is 0 Å². The van der Waals surface area contributed by atoms with Gasteiger partial charge < -0.3 is 14.4 Å². The molecule has 1 amide bonds. The van der Waals surface area contributed by atoms with Crippen LogP contribution in [0, 0.1) is 6.92 Å². The zero-order valence-corrected chi connectivity index (χ0v) is 12.9. The van der Waals surface area contributed by atoms with Crippen LogP contribution in [0.15, 0.2) is 41.5 Å². The Morgan fingerprint density at radius 1 is 1.30 bits per heavy atom. The lowest BCUT2D eigenvalue weighted by molar-refractivity contribution is 0.0791. The molecule has 0 bridgehead atoms. The number of pyridine rings is 1. The van der Waals surface area contributed by atoms with E-state index in [0.29, 0.717) is 18.7 Å². The molecule has 1 atom stereocenters. The lowest BCUT2D eigenvalue weighted by Gasteiger charge is -2.15. The first-order valence-electron chi connectivity index (χ1n) is 7.76. The van der Waals surface area contributed by atoms with Gasteiger partial charge in [0.05, 0.1) is 5.56 Å². The second-order valence-electron chi connectivity index (χ2n) is 6.16. The van der Waals surface area contributed by atoms with Crippen LogP contribution >= 0.6 is 0 Å². The van der Waals surface area contributed by atoms with Gasteiger partial charge in [0.2, 0.25) is 0 Å². The highest BCUT2D eigenvalue weighted by atomic mass is 16.2. The molecule has 1 aliphatic rings. The van der Waals surface area contributed by atoms with Gasteiger partial charge in [0.15, 0.2) is 0 Å². The number of likely N-dealkylation sites (tertiary alicyclic amines) is 1. The maximum absolute atomic E-state index is 12.7. The van der Waals surface area contributed by atoms with Crippen LogP contribution in [0.2, 0.25) is 0 Å². The molecule has 2 N–H and O–H groups in total. The molecule has 1 unspecified atom stereocenters. The molecule has 1 fully saturated rings. The van der Waals surface area contributed by atoms with Crippen molar-refractivity contribution in [2.45, 2.75) is 19.3 Å². The highest BCUT2D eigenvalue weighted by Crippen LogP contribution is 2.26. The SMILES string of the molecule is Cc1cccn2cc(C(=O)N3CCC(c4cc(=O)[nH][nH]4)C3)cc12. The molecular weight excluding hydrogens is 292 g/mol. The first-order valence-corrected chi connectivity index (χ1v) is 7.76. The summed E-state index contributed by atoms with van der Waals surface area (Å²) in [6.45, 7) is 3.39. The van der Waals surface area contributed by atoms with E-state index in [1.54, 1.807) is 6.07 Å². The summed E-state index contributed by atoms with van der Waals surface area (Å²) in [5.74, 6) is 0.241. The van der Waals surface area contributed by atoms with Gasteiger partial charge in [0.25, 0.3) is 11.5 Å². The normalized spacial score (nSPS) is 18.0. The van der Waals surface area contributed by atoms with Crippen LogP contribution in [0.25, 0.3) is 5.52 Å². The van der Waals surface area contributed by atoms with E-state index in [0.717, 1.165) is 23.2 Å². The third-order valence-electron chi connectivity index (χ3n) is 4.62. The summed E-state index contributed by atoms with van der Waals surface area (Å²) < 4.78 is 1.99. The molecule has 6 heteroatoms. The lowest BCUT2D eigenvalue weighted by Crippen LogP contribution is -2.28. The molecule has 0 saturated carbocycles. The summed E-state index contributed by atoms with van der Waals surface area (Å²) in [6.07, 6.45) is 4.71. The van der Waals surface area contributed by atoms with Gasteiger partial charge in [0, 0.05) is 48.7 Å². The summed E-state index contributed by atoms with van der Waals surface area (Å²) in [4.78, 5) is 25.8. The summed E-state index contributed by atoms with van der Waals surface area (Å²) >= 11 is 0. The maximum Gasteiger partial charge on any atom is 0.264 e. The molecule has 0 aromatic carbocycles. The third kappa shape index (κ3) is 2.36. The molecule has 0 aliphatic carbocycles. The van der Waals surface area contributed by atoms with Gasteiger partial charge in [-0.1, -0.05) is 6.07 Å². The number of hydrogen-bond acceptors (Lipinski definition) is 2. The minimum atomic E-state index is -0.126. The van der Waals surface area contributed by atoms with E-state index in [2.05, 4.69) is 10.2 Å². The molecule has 6 nitrogen and oxygen atoms in total. The fourth-order valence-corrected chi connectivity index (χ4v) is 3.35. The highest BCUT2D eigenvalue weighted by Gasteiger charge is 2.29. The predicted octanol–water partition coefficient (Wildman–Crippen LogP) is 1.89. The van der Waals surface area contributed by atoms with Gasteiger partial charge in [-0.05, 0) is 31.0 Å². The Kier molecular flexibility index (Phi) is 3.11. The number of carbonyl (C=O) groups excluding carboxylic acids is 1. The van der Waals surface area contributed by atoms with E-state index < -0.39 is 0 Å². The van der Waals surface area contributed by atoms with Crippen LogP contribution in [-0.2, 0) is 0 Å². The number of carbonyl (C=O) groups is 1. The van der Waals surface area contributed by atoms with Gasteiger partial charge in [0.1, 0.15) is 0 Å². The number of amides is 1. The van der Waals surface area contributed by atoms with Crippen LogP contribution in [0.5, 0.6) is 0 Å². The summed E-state index contributed by atoms with van der Waals surface area (Å²) in [7, 11) is 0. The number of hydrogen-bond donors (Lipinski definition) is 2. The molecule has 4 rings (SSSR count). The molecule has 4 heterocycles. The fraction of sp³-hybridized carbons (Fsp3) is 0.294. The second kappa shape index (κ2) is 5.15. The van der Waals surface area contributed by atoms with Gasteiger partial charge in [-0.15, -0.1) is 0 Å². The summed E-state index contributed by atoms with van der Waals surface area (Å²) in [5.41, 5.74) is 3.67. The minimum Gasteiger partial charge on any atom is -0.338 e. The lowest BCUT2D eigenvalue weighted by atomic mass is 10.1.